The number of fused-ring (bicyclic) bond motifs is 2. The summed E-state index contributed by atoms with van der Waals surface area (Å²) >= 11 is 6.17. The number of amides is 2. The van der Waals surface area contributed by atoms with Crippen LogP contribution in [0.15, 0.2) is 60.7 Å². The number of nitrogens with one attached hydrogen (secondary N) is 1. The Morgan fingerprint density at radius 1 is 0.933 bits per heavy atom. The molecular formula is C25H21ClN2O2. The van der Waals surface area contributed by atoms with Gasteiger partial charge in [-0.1, -0.05) is 48.0 Å². The number of benzene rings is 3. The van der Waals surface area contributed by atoms with Crippen LogP contribution in [0.1, 0.15) is 34.0 Å². The Kier molecular flexibility index (Phi) is 5.42. The molecule has 4 rings (SSSR count). The molecule has 1 aliphatic heterocycles. The molecule has 0 saturated carbocycles. The smallest absolute Gasteiger partial charge is 0.251 e. The summed E-state index contributed by atoms with van der Waals surface area (Å²) < 4.78 is 0. The van der Waals surface area contributed by atoms with Gasteiger partial charge in [-0.3, -0.25) is 9.59 Å². The number of nitrogens with zero attached hydrogens (tertiary/aromatic N) is 1. The van der Waals surface area contributed by atoms with E-state index in [0.717, 1.165) is 33.5 Å². The third kappa shape index (κ3) is 3.87. The van der Waals surface area contributed by atoms with Crippen molar-refractivity contribution in [3.63, 3.8) is 0 Å². The molecule has 4 nitrogen and oxygen atoms in total. The van der Waals surface area contributed by atoms with E-state index in [2.05, 4.69) is 11.4 Å². The molecule has 3 aromatic rings. The van der Waals surface area contributed by atoms with Crippen molar-refractivity contribution in [2.24, 2.45) is 0 Å². The van der Waals surface area contributed by atoms with Crippen molar-refractivity contribution in [2.75, 3.05) is 11.9 Å². The summed E-state index contributed by atoms with van der Waals surface area (Å²) in [4.78, 5) is 26.2. The molecule has 0 spiro atoms. The second-order valence-electron chi connectivity index (χ2n) is 7.22. The fourth-order valence-electron chi connectivity index (χ4n) is 3.69. The zero-order valence-corrected chi connectivity index (χ0v) is 17.5. The lowest BCUT2D eigenvalue weighted by Gasteiger charge is -2.26. The van der Waals surface area contributed by atoms with Crippen LogP contribution >= 0.6 is 11.6 Å². The maximum Gasteiger partial charge on any atom is 0.251 e. The number of carbonyl (C=O) groups excluding carboxylic acids is 2. The molecule has 0 fully saturated rings. The summed E-state index contributed by atoms with van der Waals surface area (Å²) in [5, 5.41) is 3.29. The van der Waals surface area contributed by atoms with Gasteiger partial charge in [-0.25, -0.2) is 0 Å². The van der Waals surface area contributed by atoms with Gasteiger partial charge < -0.3 is 10.2 Å². The molecule has 150 valence electrons. The van der Waals surface area contributed by atoms with Crippen LogP contribution < -0.4 is 10.2 Å². The third-order valence-corrected chi connectivity index (χ3v) is 5.49. The normalized spacial score (nSPS) is 12.4. The van der Waals surface area contributed by atoms with Crippen LogP contribution in [0.4, 0.5) is 5.69 Å². The van der Waals surface area contributed by atoms with Crippen molar-refractivity contribution < 1.29 is 9.59 Å². The molecule has 0 bridgehead atoms. The van der Waals surface area contributed by atoms with Crippen LogP contribution in [0.25, 0.3) is 23.3 Å². The van der Waals surface area contributed by atoms with Crippen molar-refractivity contribution in [1.82, 2.24) is 5.32 Å². The van der Waals surface area contributed by atoms with Gasteiger partial charge in [0.2, 0.25) is 5.91 Å². The van der Waals surface area contributed by atoms with E-state index in [-0.39, 0.29) is 11.8 Å². The third-order valence-electron chi connectivity index (χ3n) is 5.26. The molecule has 0 aliphatic carbocycles. The number of halogens is 1. The van der Waals surface area contributed by atoms with Gasteiger partial charge in [0.1, 0.15) is 0 Å². The number of anilines is 1. The lowest BCUT2D eigenvalue weighted by molar-refractivity contribution is -0.116. The molecular weight excluding hydrogens is 396 g/mol. The largest absolute Gasteiger partial charge is 0.355 e. The Bertz CT molecular complexity index is 1180. The molecule has 0 aromatic heterocycles. The summed E-state index contributed by atoms with van der Waals surface area (Å²) in [6.45, 7) is 2.02. The van der Waals surface area contributed by atoms with Gasteiger partial charge in [0, 0.05) is 24.6 Å². The highest BCUT2D eigenvalue weighted by Gasteiger charge is 2.19. The first kappa shape index (κ1) is 19.9. The Balaban J connectivity index is 1.80. The van der Waals surface area contributed by atoms with E-state index in [1.807, 2.05) is 54.6 Å². The van der Waals surface area contributed by atoms with Crippen molar-refractivity contribution in [1.29, 1.82) is 0 Å². The molecule has 1 heterocycles. The van der Waals surface area contributed by atoms with Crippen LogP contribution in [-0.4, -0.2) is 18.9 Å². The van der Waals surface area contributed by atoms with E-state index in [1.165, 1.54) is 0 Å². The molecule has 1 aliphatic rings. The number of carbonyl (C=O) groups is 2. The zero-order chi connectivity index (χ0) is 21.3. The molecule has 3 aromatic carbocycles. The van der Waals surface area contributed by atoms with Gasteiger partial charge in [0.15, 0.2) is 0 Å². The minimum absolute atomic E-state index is 0.0353. The predicted molar refractivity (Wildman–Crippen MR) is 123 cm³/mol. The highest BCUT2D eigenvalue weighted by atomic mass is 35.5. The van der Waals surface area contributed by atoms with Crippen LogP contribution in [-0.2, 0) is 11.3 Å². The minimum atomic E-state index is -0.121. The summed E-state index contributed by atoms with van der Waals surface area (Å²) in [7, 11) is 1.62. The Morgan fingerprint density at radius 2 is 1.70 bits per heavy atom. The highest BCUT2D eigenvalue weighted by molar-refractivity contribution is 6.30. The summed E-state index contributed by atoms with van der Waals surface area (Å²) in [5.74, 6) is -0.157. The fraction of sp³-hybridized carbons (Fsp3) is 0.120. The van der Waals surface area contributed by atoms with E-state index in [4.69, 9.17) is 11.6 Å². The Hall–Kier alpha value is -3.37. The predicted octanol–water partition coefficient (Wildman–Crippen LogP) is 5.40. The van der Waals surface area contributed by atoms with Gasteiger partial charge in [-0.05, 0) is 64.2 Å². The van der Waals surface area contributed by atoms with Crippen LogP contribution in [0, 0.1) is 0 Å². The molecule has 5 heteroatoms. The van der Waals surface area contributed by atoms with Gasteiger partial charge in [0.25, 0.3) is 5.91 Å². The maximum absolute atomic E-state index is 12.5. The standard InChI is InChI=1S/C25H21ClN2O2/c1-16(29)28-15-22-13-19(18-4-3-5-21(12-18)25(30)27-2)8-6-17(22)7-9-20-14-23(26)10-11-24(20)28/h3-14H,15H2,1-2H3,(H,27,30). The van der Waals surface area contributed by atoms with E-state index in [9.17, 15) is 9.59 Å². The van der Waals surface area contributed by atoms with E-state index < -0.39 is 0 Å². The van der Waals surface area contributed by atoms with Crippen molar-refractivity contribution >= 4 is 41.3 Å². The van der Waals surface area contributed by atoms with Gasteiger partial charge in [-0.15, -0.1) is 0 Å². The minimum Gasteiger partial charge on any atom is -0.355 e. The zero-order valence-electron chi connectivity index (χ0n) is 16.8. The first-order valence-electron chi connectivity index (χ1n) is 9.67. The summed E-state index contributed by atoms with van der Waals surface area (Å²) in [6.07, 6.45) is 4.04. The van der Waals surface area contributed by atoms with E-state index in [1.54, 1.807) is 31.0 Å². The highest BCUT2D eigenvalue weighted by Crippen LogP contribution is 2.33. The average molecular weight is 417 g/mol. The van der Waals surface area contributed by atoms with Crippen LogP contribution in [0.5, 0.6) is 0 Å². The average Bonchev–Trinajstić information content (AvgIpc) is 2.74. The second-order valence-corrected chi connectivity index (χ2v) is 7.65. The van der Waals surface area contributed by atoms with Crippen molar-refractivity contribution in [3.8, 4) is 11.1 Å². The number of hydrogen-bond donors (Lipinski definition) is 1. The molecule has 2 amide bonds. The number of hydrogen-bond acceptors (Lipinski definition) is 2. The molecule has 0 unspecified atom stereocenters. The second kappa shape index (κ2) is 8.17. The molecule has 0 atom stereocenters. The van der Waals surface area contributed by atoms with Gasteiger partial charge in [0.05, 0.1) is 12.2 Å². The molecule has 1 N–H and O–H groups in total. The van der Waals surface area contributed by atoms with E-state index >= 15 is 0 Å². The number of rotatable bonds is 2. The monoisotopic (exact) mass is 416 g/mol. The summed E-state index contributed by atoms with van der Waals surface area (Å²) in [5.41, 5.74) is 6.37. The van der Waals surface area contributed by atoms with Gasteiger partial charge in [-0.2, -0.15) is 0 Å². The first-order valence-corrected chi connectivity index (χ1v) is 10.1. The Morgan fingerprint density at radius 3 is 2.47 bits per heavy atom. The summed E-state index contributed by atoms with van der Waals surface area (Å²) in [6, 6.07) is 19.2. The van der Waals surface area contributed by atoms with Crippen LogP contribution in [0.2, 0.25) is 5.02 Å². The van der Waals surface area contributed by atoms with Crippen LogP contribution in [0.3, 0.4) is 0 Å². The maximum atomic E-state index is 12.5. The molecule has 30 heavy (non-hydrogen) atoms. The lowest BCUT2D eigenvalue weighted by atomic mass is 9.95. The Labute approximate surface area is 180 Å². The first-order chi connectivity index (χ1) is 14.5. The molecule has 0 radical (unpaired) electrons. The topological polar surface area (TPSA) is 49.4 Å². The fourth-order valence-corrected chi connectivity index (χ4v) is 3.87. The van der Waals surface area contributed by atoms with Crippen molar-refractivity contribution in [3.05, 3.63) is 87.9 Å². The SMILES string of the molecule is CNC(=O)c1cccc(-c2ccc3c(c2)CN(C(C)=O)c2ccc(Cl)cc2C=C3)c1. The van der Waals surface area contributed by atoms with E-state index in [0.29, 0.717) is 17.1 Å². The van der Waals surface area contributed by atoms with Crippen molar-refractivity contribution in [2.45, 2.75) is 13.5 Å². The quantitative estimate of drug-likeness (QED) is 0.607. The molecule has 0 saturated heterocycles. The lowest BCUT2D eigenvalue weighted by Crippen LogP contribution is -2.29. The van der Waals surface area contributed by atoms with Gasteiger partial charge >= 0.3 is 0 Å².